The van der Waals surface area contributed by atoms with Gasteiger partial charge in [0.15, 0.2) is 0 Å². The molecule has 0 fully saturated rings. The molecule has 0 saturated carbocycles. The number of phenolic OH excluding ortho intramolecular Hbond substituents is 1. The Morgan fingerprint density at radius 2 is 1.65 bits per heavy atom. The fourth-order valence-electron chi connectivity index (χ4n) is 1.43. The predicted octanol–water partition coefficient (Wildman–Crippen LogP) is 2.61. The number of hydrogen-bond donors (Lipinski definition) is 2. The fourth-order valence-corrected chi connectivity index (χ4v) is 1.43. The van der Waals surface area contributed by atoms with E-state index >= 15 is 0 Å². The molecule has 17 heavy (non-hydrogen) atoms. The smallest absolute Gasteiger partial charge is 0.420 e. The van der Waals surface area contributed by atoms with Gasteiger partial charge in [-0.2, -0.15) is 13.2 Å². The van der Waals surface area contributed by atoms with Gasteiger partial charge in [-0.25, -0.2) is 0 Å². The Balaban J connectivity index is 3.53. The Labute approximate surface area is 97.0 Å². The van der Waals surface area contributed by atoms with E-state index in [4.69, 9.17) is 10.5 Å². The fraction of sp³-hybridized carbons (Fsp3) is 0.455. The van der Waals surface area contributed by atoms with E-state index in [2.05, 4.69) is 0 Å². The van der Waals surface area contributed by atoms with E-state index in [-0.39, 0.29) is 11.3 Å². The highest BCUT2D eigenvalue weighted by molar-refractivity contribution is 5.50. The summed E-state index contributed by atoms with van der Waals surface area (Å²) in [4.78, 5) is 0. The van der Waals surface area contributed by atoms with Crippen LogP contribution in [0.15, 0.2) is 12.1 Å². The van der Waals surface area contributed by atoms with Crippen molar-refractivity contribution >= 4 is 0 Å². The molecular formula is C11H14F3NO2. The van der Waals surface area contributed by atoms with Gasteiger partial charge in [-0.1, -0.05) is 0 Å². The first-order valence-corrected chi connectivity index (χ1v) is 4.85. The van der Waals surface area contributed by atoms with Gasteiger partial charge in [0.25, 0.3) is 0 Å². The normalized spacial score (nSPS) is 12.6. The van der Waals surface area contributed by atoms with Crippen LogP contribution in [0.5, 0.6) is 11.5 Å². The summed E-state index contributed by atoms with van der Waals surface area (Å²) in [5.41, 5.74) is 3.45. The third-order valence-corrected chi connectivity index (χ3v) is 2.32. The zero-order valence-corrected chi connectivity index (χ0v) is 9.72. The minimum absolute atomic E-state index is 0.00338. The first kappa shape index (κ1) is 13.6. The molecule has 1 rings (SSSR count). The number of halogens is 3. The minimum Gasteiger partial charge on any atom is -0.507 e. The van der Waals surface area contributed by atoms with Crippen LogP contribution in [0.1, 0.15) is 25.0 Å². The molecule has 0 unspecified atom stereocenters. The third kappa shape index (κ3) is 2.82. The molecule has 6 heteroatoms. The number of ether oxygens (including phenoxy) is 1. The molecule has 0 radical (unpaired) electrons. The number of rotatable bonds is 2. The average Bonchev–Trinajstić information content (AvgIpc) is 2.14. The van der Waals surface area contributed by atoms with Crippen LogP contribution in [0.25, 0.3) is 0 Å². The molecule has 0 aliphatic heterocycles. The number of nitrogens with two attached hydrogens (primary N) is 1. The highest BCUT2D eigenvalue weighted by Crippen LogP contribution is 2.42. The number of alkyl halides is 3. The van der Waals surface area contributed by atoms with E-state index in [9.17, 15) is 18.3 Å². The van der Waals surface area contributed by atoms with Crippen molar-refractivity contribution in [3.05, 3.63) is 23.3 Å². The summed E-state index contributed by atoms with van der Waals surface area (Å²) < 4.78 is 42.8. The Morgan fingerprint density at radius 3 is 2.00 bits per heavy atom. The van der Waals surface area contributed by atoms with Gasteiger partial charge < -0.3 is 15.6 Å². The molecule has 0 aliphatic rings. The molecule has 0 atom stereocenters. The van der Waals surface area contributed by atoms with Crippen LogP contribution in [0.2, 0.25) is 0 Å². The van der Waals surface area contributed by atoms with E-state index < -0.39 is 23.0 Å². The molecule has 0 spiro atoms. The lowest BCUT2D eigenvalue weighted by atomic mass is 9.92. The van der Waals surface area contributed by atoms with E-state index in [1.54, 1.807) is 0 Å². The van der Waals surface area contributed by atoms with Gasteiger partial charge in [0.1, 0.15) is 17.1 Å². The molecule has 0 bridgehead atoms. The Hall–Kier alpha value is -1.43. The van der Waals surface area contributed by atoms with E-state index in [0.29, 0.717) is 0 Å². The van der Waals surface area contributed by atoms with Crippen LogP contribution in [0.4, 0.5) is 13.2 Å². The molecule has 0 amide bonds. The van der Waals surface area contributed by atoms with Crippen LogP contribution in [0.3, 0.4) is 0 Å². The highest BCUT2D eigenvalue weighted by atomic mass is 19.4. The minimum atomic E-state index is -4.65. The molecule has 1 aromatic carbocycles. The van der Waals surface area contributed by atoms with Crippen molar-refractivity contribution in [2.24, 2.45) is 5.73 Å². The van der Waals surface area contributed by atoms with Crippen LogP contribution in [0, 0.1) is 0 Å². The maximum absolute atomic E-state index is 12.7. The molecular weight excluding hydrogens is 235 g/mol. The molecule has 96 valence electrons. The van der Waals surface area contributed by atoms with Gasteiger partial charge in [0.2, 0.25) is 0 Å². The summed E-state index contributed by atoms with van der Waals surface area (Å²) in [5, 5.41) is 9.62. The second kappa shape index (κ2) is 4.10. The largest absolute Gasteiger partial charge is 0.507 e. The molecule has 0 heterocycles. The van der Waals surface area contributed by atoms with Crippen molar-refractivity contribution in [2.45, 2.75) is 25.6 Å². The van der Waals surface area contributed by atoms with Gasteiger partial charge in [0, 0.05) is 11.1 Å². The van der Waals surface area contributed by atoms with Crippen molar-refractivity contribution in [3.8, 4) is 11.5 Å². The number of phenols is 1. The second-order valence-electron chi connectivity index (χ2n) is 4.29. The highest BCUT2D eigenvalue weighted by Gasteiger charge is 2.37. The van der Waals surface area contributed by atoms with Crippen molar-refractivity contribution in [3.63, 3.8) is 0 Å². The van der Waals surface area contributed by atoms with Crippen LogP contribution < -0.4 is 10.5 Å². The summed E-state index contributed by atoms with van der Waals surface area (Å²) in [6.45, 7) is 3.00. The second-order valence-corrected chi connectivity index (χ2v) is 4.29. The topological polar surface area (TPSA) is 55.5 Å². The Bertz CT molecular complexity index is 387. The van der Waals surface area contributed by atoms with Gasteiger partial charge in [-0.3, -0.25) is 0 Å². The molecule has 3 N–H and O–H groups in total. The number of methoxy groups -OCH3 is 1. The average molecular weight is 249 g/mol. The Morgan fingerprint density at radius 1 is 1.18 bits per heavy atom. The van der Waals surface area contributed by atoms with Gasteiger partial charge in [0.05, 0.1) is 7.11 Å². The van der Waals surface area contributed by atoms with E-state index in [1.807, 2.05) is 0 Å². The standard InChI is InChI=1S/C11H14F3NO2/c1-10(2,15)7-4-6(17-3)5-8(9(7)16)11(12,13)14/h4-5,16H,15H2,1-3H3. The SMILES string of the molecule is COc1cc(C(C)(C)N)c(O)c(C(F)(F)F)c1. The lowest BCUT2D eigenvalue weighted by Gasteiger charge is -2.23. The monoisotopic (exact) mass is 249 g/mol. The summed E-state index contributed by atoms with van der Waals surface area (Å²) in [5.74, 6) is -0.852. The number of benzene rings is 1. The van der Waals surface area contributed by atoms with Crippen LogP contribution in [-0.2, 0) is 11.7 Å². The lowest BCUT2D eigenvalue weighted by molar-refractivity contribution is -0.139. The third-order valence-electron chi connectivity index (χ3n) is 2.32. The molecule has 0 aromatic heterocycles. The summed E-state index contributed by atoms with van der Waals surface area (Å²) in [7, 11) is 1.25. The van der Waals surface area contributed by atoms with Gasteiger partial charge in [-0.05, 0) is 26.0 Å². The van der Waals surface area contributed by atoms with Crippen molar-refractivity contribution in [2.75, 3.05) is 7.11 Å². The maximum atomic E-state index is 12.7. The summed E-state index contributed by atoms with van der Waals surface area (Å²) in [6.07, 6.45) is -4.65. The van der Waals surface area contributed by atoms with Crippen molar-refractivity contribution in [1.29, 1.82) is 0 Å². The predicted molar refractivity (Wildman–Crippen MR) is 56.9 cm³/mol. The Kier molecular flexibility index (Phi) is 3.29. The molecule has 0 saturated heterocycles. The summed E-state index contributed by atoms with van der Waals surface area (Å²) in [6, 6.07) is 2.04. The van der Waals surface area contributed by atoms with Crippen molar-refractivity contribution < 1.29 is 23.0 Å². The molecule has 1 aromatic rings. The zero-order chi connectivity index (χ0) is 13.4. The number of aromatic hydroxyl groups is 1. The lowest BCUT2D eigenvalue weighted by Crippen LogP contribution is -2.29. The summed E-state index contributed by atoms with van der Waals surface area (Å²) >= 11 is 0. The van der Waals surface area contributed by atoms with E-state index in [1.165, 1.54) is 27.0 Å². The van der Waals surface area contributed by atoms with Gasteiger partial charge in [-0.15, -0.1) is 0 Å². The quantitative estimate of drug-likeness (QED) is 0.847. The van der Waals surface area contributed by atoms with Crippen LogP contribution >= 0.6 is 0 Å². The van der Waals surface area contributed by atoms with Crippen LogP contribution in [-0.4, -0.2) is 12.2 Å². The first-order valence-electron chi connectivity index (χ1n) is 4.85. The first-order chi connectivity index (χ1) is 7.57. The van der Waals surface area contributed by atoms with Crippen molar-refractivity contribution in [1.82, 2.24) is 0 Å². The maximum Gasteiger partial charge on any atom is 0.420 e. The molecule has 0 aliphatic carbocycles. The van der Waals surface area contributed by atoms with Gasteiger partial charge >= 0.3 is 6.18 Å². The zero-order valence-electron chi connectivity index (χ0n) is 9.72. The van der Waals surface area contributed by atoms with E-state index in [0.717, 1.165) is 6.07 Å². The number of hydrogen-bond acceptors (Lipinski definition) is 3. The molecule has 3 nitrogen and oxygen atoms in total.